The van der Waals surface area contributed by atoms with E-state index in [9.17, 15) is 0 Å². The Balaban J connectivity index is 1.34. The Hall–Kier alpha value is -5.66. The van der Waals surface area contributed by atoms with Gasteiger partial charge in [0, 0.05) is 17.0 Å². The molecule has 1 nitrogen and oxygen atoms in total. The second-order valence-electron chi connectivity index (χ2n) is 11.9. The van der Waals surface area contributed by atoms with E-state index in [1.165, 1.54) is 66.1 Å². The molecule has 212 valence electrons. The van der Waals surface area contributed by atoms with Crippen LogP contribution in [-0.4, -0.2) is 6.10 Å². The highest BCUT2D eigenvalue weighted by Gasteiger charge is 2.37. The van der Waals surface area contributed by atoms with Crippen LogP contribution in [0.25, 0.3) is 66.1 Å². The molecule has 0 spiro atoms. The molecule has 0 radical (unpaired) electrons. The van der Waals surface area contributed by atoms with Crippen LogP contribution in [0.15, 0.2) is 170 Å². The number of hydrogen-bond donors (Lipinski definition) is 0. The van der Waals surface area contributed by atoms with Crippen molar-refractivity contribution < 1.29 is 4.74 Å². The average molecular weight is 575 g/mol. The number of allylic oxidation sites excluding steroid dienone is 2. The summed E-state index contributed by atoms with van der Waals surface area (Å²) in [6.45, 7) is 0. The minimum absolute atomic E-state index is 0.00820. The van der Waals surface area contributed by atoms with Gasteiger partial charge in [0.1, 0.15) is 11.9 Å². The SMILES string of the molecule is C1=CC2Oc3c(-c4ccccc4)ccc(-c4c5ccccc5c(-c5cccc(-c6ccccc6)c5)c5ccccc45)c3C2C=C1. The summed E-state index contributed by atoms with van der Waals surface area (Å²) in [5.41, 5.74) is 11.1. The van der Waals surface area contributed by atoms with E-state index < -0.39 is 0 Å². The van der Waals surface area contributed by atoms with E-state index in [0.717, 1.165) is 11.3 Å². The zero-order valence-electron chi connectivity index (χ0n) is 24.7. The first-order chi connectivity index (χ1) is 22.3. The number of ether oxygens (including phenoxy) is 1. The van der Waals surface area contributed by atoms with Gasteiger partial charge in [-0.05, 0) is 72.6 Å². The summed E-state index contributed by atoms with van der Waals surface area (Å²) in [5.74, 6) is 1.15. The quantitative estimate of drug-likeness (QED) is 0.190. The van der Waals surface area contributed by atoms with Gasteiger partial charge in [-0.1, -0.05) is 158 Å². The molecule has 0 saturated carbocycles. The number of fused-ring (bicyclic) bond motifs is 5. The molecular formula is C44H30O. The molecule has 7 aromatic carbocycles. The molecule has 1 aliphatic carbocycles. The highest BCUT2D eigenvalue weighted by atomic mass is 16.5. The molecule has 0 saturated heterocycles. The van der Waals surface area contributed by atoms with Crippen LogP contribution >= 0.6 is 0 Å². The van der Waals surface area contributed by atoms with Gasteiger partial charge in [-0.3, -0.25) is 0 Å². The molecular weight excluding hydrogens is 544 g/mol. The molecule has 0 fully saturated rings. The number of hydrogen-bond acceptors (Lipinski definition) is 1. The third-order valence-corrected chi connectivity index (χ3v) is 9.41. The molecule has 45 heavy (non-hydrogen) atoms. The molecule has 0 aromatic heterocycles. The Kier molecular flexibility index (Phi) is 6.02. The first-order valence-corrected chi connectivity index (χ1v) is 15.7. The summed E-state index contributed by atoms with van der Waals surface area (Å²) in [6, 6.07) is 52.7. The van der Waals surface area contributed by atoms with Gasteiger partial charge in [0.2, 0.25) is 0 Å². The summed E-state index contributed by atoms with van der Waals surface area (Å²) < 4.78 is 6.79. The molecule has 1 heteroatoms. The van der Waals surface area contributed by atoms with E-state index >= 15 is 0 Å². The number of benzene rings is 7. The lowest BCUT2D eigenvalue weighted by Crippen LogP contribution is -2.15. The van der Waals surface area contributed by atoms with Crippen molar-refractivity contribution in [2.75, 3.05) is 0 Å². The molecule has 1 heterocycles. The van der Waals surface area contributed by atoms with Gasteiger partial charge in [-0.25, -0.2) is 0 Å². The van der Waals surface area contributed by atoms with Crippen molar-refractivity contribution in [3.8, 4) is 50.3 Å². The lowest BCUT2D eigenvalue weighted by atomic mass is 9.80. The van der Waals surface area contributed by atoms with Gasteiger partial charge in [-0.2, -0.15) is 0 Å². The highest BCUT2D eigenvalue weighted by molar-refractivity contribution is 6.22. The van der Waals surface area contributed by atoms with Crippen LogP contribution in [-0.2, 0) is 0 Å². The van der Waals surface area contributed by atoms with E-state index in [2.05, 4.69) is 170 Å². The van der Waals surface area contributed by atoms with Crippen LogP contribution < -0.4 is 4.74 Å². The molecule has 0 N–H and O–H groups in total. The van der Waals surface area contributed by atoms with Crippen LogP contribution in [0.4, 0.5) is 0 Å². The van der Waals surface area contributed by atoms with Gasteiger partial charge >= 0.3 is 0 Å². The Labute approximate surface area is 263 Å². The molecule has 9 rings (SSSR count). The van der Waals surface area contributed by atoms with E-state index in [1.54, 1.807) is 0 Å². The minimum Gasteiger partial charge on any atom is -0.484 e. The Morgan fingerprint density at radius 1 is 0.400 bits per heavy atom. The van der Waals surface area contributed by atoms with E-state index in [-0.39, 0.29) is 12.0 Å². The normalized spacial score (nSPS) is 16.4. The Morgan fingerprint density at radius 3 is 1.62 bits per heavy atom. The van der Waals surface area contributed by atoms with Crippen molar-refractivity contribution >= 4 is 21.5 Å². The molecule has 2 unspecified atom stereocenters. The second kappa shape index (κ2) is 10.5. The third-order valence-electron chi connectivity index (χ3n) is 9.41. The highest BCUT2D eigenvalue weighted by Crippen LogP contribution is 2.53. The Morgan fingerprint density at radius 2 is 0.933 bits per heavy atom. The smallest absolute Gasteiger partial charge is 0.132 e. The summed E-state index contributed by atoms with van der Waals surface area (Å²) in [6.07, 6.45) is 8.77. The Bertz CT molecular complexity index is 2240. The van der Waals surface area contributed by atoms with Gasteiger partial charge in [-0.15, -0.1) is 0 Å². The zero-order valence-corrected chi connectivity index (χ0v) is 24.7. The van der Waals surface area contributed by atoms with Crippen molar-refractivity contribution in [3.63, 3.8) is 0 Å². The second-order valence-corrected chi connectivity index (χ2v) is 11.9. The van der Waals surface area contributed by atoms with Crippen molar-refractivity contribution in [1.82, 2.24) is 0 Å². The predicted molar refractivity (Wildman–Crippen MR) is 189 cm³/mol. The van der Waals surface area contributed by atoms with Gasteiger partial charge in [0.05, 0.1) is 0 Å². The van der Waals surface area contributed by atoms with Gasteiger partial charge < -0.3 is 4.74 Å². The van der Waals surface area contributed by atoms with Crippen LogP contribution in [0.5, 0.6) is 5.75 Å². The lowest BCUT2D eigenvalue weighted by Gasteiger charge is -2.21. The first-order valence-electron chi connectivity index (χ1n) is 15.7. The van der Waals surface area contributed by atoms with E-state index in [1.807, 2.05) is 0 Å². The summed E-state index contributed by atoms with van der Waals surface area (Å²) >= 11 is 0. The summed E-state index contributed by atoms with van der Waals surface area (Å²) in [4.78, 5) is 0. The monoisotopic (exact) mass is 574 g/mol. The summed E-state index contributed by atoms with van der Waals surface area (Å²) in [7, 11) is 0. The topological polar surface area (TPSA) is 9.23 Å². The van der Waals surface area contributed by atoms with E-state index in [0.29, 0.717) is 0 Å². The molecule has 2 aliphatic rings. The minimum atomic E-state index is -0.00820. The van der Waals surface area contributed by atoms with Crippen LogP contribution in [0.3, 0.4) is 0 Å². The van der Waals surface area contributed by atoms with Crippen molar-refractivity contribution in [2.45, 2.75) is 12.0 Å². The van der Waals surface area contributed by atoms with Gasteiger partial charge in [0.15, 0.2) is 0 Å². The average Bonchev–Trinajstić information content (AvgIpc) is 3.51. The van der Waals surface area contributed by atoms with Crippen LogP contribution in [0.1, 0.15) is 11.5 Å². The standard InChI is InChI=1S/C44H30O/c1-3-14-29(15-4-1)31-18-13-19-32(28-31)41-34-20-7-9-22-36(34)42(37-23-10-8-21-35(37)41)39-27-26-33(30-16-5-2-6-17-30)44-43(39)38-24-11-12-25-40(38)45-44/h1-28,38,40H. The first kappa shape index (κ1) is 25.8. The van der Waals surface area contributed by atoms with Crippen molar-refractivity contribution in [1.29, 1.82) is 0 Å². The maximum Gasteiger partial charge on any atom is 0.132 e. The molecule has 7 aromatic rings. The number of rotatable bonds is 4. The predicted octanol–water partition coefficient (Wildman–Crippen LogP) is 11.6. The largest absolute Gasteiger partial charge is 0.484 e. The third kappa shape index (κ3) is 4.16. The van der Waals surface area contributed by atoms with Crippen LogP contribution in [0, 0.1) is 0 Å². The zero-order chi connectivity index (χ0) is 29.7. The summed E-state index contributed by atoms with van der Waals surface area (Å²) in [5, 5.41) is 5.02. The van der Waals surface area contributed by atoms with Crippen molar-refractivity contribution in [2.24, 2.45) is 0 Å². The maximum absolute atomic E-state index is 6.79. The fraction of sp³-hybridized carbons (Fsp3) is 0.0455. The lowest BCUT2D eigenvalue weighted by molar-refractivity contribution is 0.270. The van der Waals surface area contributed by atoms with Gasteiger partial charge in [0.25, 0.3) is 0 Å². The molecule has 1 aliphatic heterocycles. The fourth-order valence-corrected chi connectivity index (χ4v) is 7.43. The van der Waals surface area contributed by atoms with E-state index in [4.69, 9.17) is 4.74 Å². The molecule has 2 atom stereocenters. The molecule has 0 amide bonds. The molecule has 0 bridgehead atoms. The maximum atomic E-state index is 6.79. The fourth-order valence-electron chi connectivity index (χ4n) is 7.43. The van der Waals surface area contributed by atoms with Crippen molar-refractivity contribution in [3.05, 3.63) is 175 Å². The van der Waals surface area contributed by atoms with Crippen LogP contribution in [0.2, 0.25) is 0 Å².